The van der Waals surface area contributed by atoms with Crippen molar-refractivity contribution in [2.24, 2.45) is 11.5 Å². The molecule has 9 heteroatoms. The predicted octanol–water partition coefficient (Wildman–Crippen LogP) is -0.331. The van der Waals surface area contributed by atoms with E-state index >= 15 is 0 Å². The lowest BCUT2D eigenvalue weighted by Crippen LogP contribution is -2.55. The van der Waals surface area contributed by atoms with Crippen molar-refractivity contribution in [1.29, 1.82) is 0 Å². The van der Waals surface area contributed by atoms with Gasteiger partial charge in [-0.15, -0.1) is 0 Å². The molecule has 1 aromatic rings. The summed E-state index contributed by atoms with van der Waals surface area (Å²) in [7, 11) is 0. The van der Waals surface area contributed by atoms with Crippen molar-refractivity contribution < 1.29 is 20.9 Å². The number of rotatable bonds is 13. The molecule has 150 valence electrons. The largest absolute Gasteiger partial charge is 0.480 e. The number of unbranched alkanes of at least 4 members (excludes halogenated alkanes) is 1. The molecule has 0 saturated heterocycles. The highest BCUT2D eigenvalue weighted by Crippen LogP contribution is 2.05. The quantitative estimate of drug-likeness (QED) is 0.198. The molecule has 1 aromatic carbocycles. The molecule has 0 saturated carbocycles. The van der Waals surface area contributed by atoms with Crippen LogP contribution in [0.25, 0.3) is 0 Å². The minimum atomic E-state index is -1.20. The Hall–Kier alpha value is -2.10. The van der Waals surface area contributed by atoms with Gasteiger partial charge in [-0.05, 0) is 37.8 Å². The van der Waals surface area contributed by atoms with Crippen molar-refractivity contribution in [3.63, 3.8) is 0 Å². The zero-order valence-electron chi connectivity index (χ0n) is 16.1. The van der Waals surface area contributed by atoms with Gasteiger partial charge in [-0.2, -0.15) is 12.6 Å². The molecular weight excluding hydrogens is 368 g/mol. The number of carbonyl (C=O) groups excluding carboxylic acids is 2. The summed E-state index contributed by atoms with van der Waals surface area (Å²) < 4.78 is 7.44. The smallest absolute Gasteiger partial charge is 0.327 e. The van der Waals surface area contributed by atoms with Crippen molar-refractivity contribution in [3.05, 3.63) is 35.9 Å². The molecule has 7 N–H and O–H groups in total. The molecule has 0 spiro atoms. The molecule has 0 heterocycles. The van der Waals surface area contributed by atoms with E-state index in [1.54, 1.807) is 0 Å². The Bertz CT molecular complexity index is 635. The molecule has 8 nitrogen and oxygen atoms in total. The number of nitrogens with one attached hydrogen (secondary N) is 2. The Kier molecular flexibility index (Phi) is 9.67. The molecule has 0 radical (unpaired) electrons. The minimum Gasteiger partial charge on any atom is -0.480 e. The maximum atomic E-state index is 12.6. The summed E-state index contributed by atoms with van der Waals surface area (Å²) in [5, 5.41) is 14.1. The van der Waals surface area contributed by atoms with Gasteiger partial charge in [0.1, 0.15) is 13.5 Å². The number of hydrogen-bond donors (Lipinski definition) is 6. The Morgan fingerprint density at radius 1 is 1.11 bits per heavy atom. The van der Waals surface area contributed by atoms with E-state index in [9.17, 15) is 14.4 Å². The lowest BCUT2D eigenvalue weighted by Gasteiger charge is -2.22. The standard InChI is InChI=1S/C18H28N4O4S/c19-9-5-4-8-14(17(24)22-15(11-27)18(25)26)21-16(23)13(20)10-12-6-2-1-3-7-12/h1-3,6-7,13-15,27H,4-5,8-11,19-20H2,(H,21,23)(H,22,24)(H,25,26)/t13-,14-,15-/m0/s1/i/hD. The summed E-state index contributed by atoms with van der Waals surface area (Å²) >= 11 is 3.92. The fraction of sp³-hybridized carbons (Fsp3) is 0.500. The van der Waals surface area contributed by atoms with Crippen LogP contribution in [0.1, 0.15) is 24.8 Å². The Labute approximate surface area is 165 Å². The monoisotopic (exact) mass is 397 g/mol. The van der Waals surface area contributed by atoms with Gasteiger partial charge in [-0.3, -0.25) is 9.59 Å². The summed E-state index contributed by atoms with van der Waals surface area (Å²) in [6, 6.07) is 6.27. The number of aliphatic carboxylic acids is 1. The van der Waals surface area contributed by atoms with Crippen LogP contribution in [-0.4, -0.2) is 53.3 Å². The summed E-state index contributed by atoms with van der Waals surface area (Å²) in [5.41, 5.74) is 8.56. The number of nitrogens with two attached hydrogens (primary N) is 2. The van der Waals surface area contributed by atoms with Crippen LogP contribution in [0.5, 0.6) is 0 Å². The van der Waals surface area contributed by atoms with Crippen LogP contribution in [0.2, 0.25) is 1.41 Å². The first-order valence-corrected chi connectivity index (χ1v) is 9.41. The topological polar surface area (TPSA) is 148 Å². The molecule has 0 fully saturated rings. The van der Waals surface area contributed by atoms with E-state index in [2.05, 4.69) is 29.0 Å². The Balaban J connectivity index is 2.80. The van der Waals surface area contributed by atoms with Crippen LogP contribution in [0.3, 0.4) is 0 Å². The molecule has 3 atom stereocenters. The van der Waals surface area contributed by atoms with Crippen LogP contribution >= 0.6 is 12.6 Å². The second-order valence-electron chi connectivity index (χ2n) is 6.17. The normalized spacial score (nSPS) is 14.5. The Morgan fingerprint density at radius 3 is 2.33 bits per heavy atom. The number of carbonyl (C=O) groups is 3. The summed E-state index contributed by atoms with van der Waals surface area (Å²) in [6.45, 7) is 0.446. The number of carboxylic acids is 1. The van der Waals surface area contributed by atoms with Crippen LogP contribution in [0.4, 0.5) is 0 Å². The van der Waals surface area contributed by atoms with Crippen molar-refractivity contribution in [2.45, 2.75) is 43.8 Å². The van der Waals surface area contributed by atoms with E-state index < -0.39 is 35.9 Å². The van der Waals surface area contributed by atoms with E-state index in [4.69, 9.17) is 12.3 Å². The van der Waals surface area contributed by atoms with Crippen LogP contribution in [-0.2, 0) is 20.8 Å². The number of benzene rings is 1. The molecular formula is C18H28N4O4S. The van der Waals surface area contributed by atoms with Crippen molar-refractivity contribution in [2.75, 3.05) is 12.3 Å². The third kappa shape index (κ3) is 8.42. The van der Waals surface area contributed by atoms with Gasteiger partial charge < -0.3 is 27.2 Å². The minimum absolute atomic E-state index is 0.0740. The average Bonchev–Trinajstić information content (AvgIpc) is 2.69. The average molecular weight is 398 g/mol. The van der Waals surface area contributed by atoms with Crippen molar-refractivity contribution >= 4 is 30.4 Å². The zero-order chi connectivity index (χ0) is 20.9. The summed E-state index contributed by atoms with van der Waals surface area (Å²) in [6.07, 6.45) is 1.84. The number of amides is 2. The molecule has 0 aliphatic carbocycles. The first kappa shape index (κ1) is 21.2. The summed E-state index contributed by atoms with van der Waals surface area (Å²) in [4.78, 5) is 36.2. The first-order chi connectivity index (χ1) is 13.4. The highest BCUT2D eigenvalue weighted by atomic mass is 32.1. The van der Waals surface area contributed by atoms with Gasteiger partial charge in [-0.1, -0.05) is 30.3 Å². The maximum absolute atomic E-state index is 12.6. The third-order valence-electron chi connectivity index (χ3n) is 3.98. The lowest BCUT2D eigenvalue weighted by atomic mass is 10.0. The molecule has 0 aromatic heterocycles. The molecule has 27 heavy (non-hydrogen) atoms. The van der Waals surface area contributed by atoms with Crippen LogP contribution < -0.4 is 22.1 Å². The van der Waals surface area contributed by atoms with Crippen molar-refractivity contribution in [1.82, 2.24) is 10.6 Å². The first-order valence-electron chi connectivity index (χ1n) is 9.28. The van der Waals surface area contributed by atoms with Gasteiger partial charge in [0.25, 0.3) is 0 Å². The highest BCUT2D eigenvalue weighted by molar-refractivity contribution is 7.80. The van der Waals surface area contributed by atoms with E-state index in [-0.39, 0.29) is 12.2 Å². The molecule has 0 unspecified atom stereocenters. The molecule has 1 rings (SSSR count). The van der Waals surface area contributed by atoms with Gasteiger partial charge in [0.05, 0.1) is 6.04 Å². The predicted molar refractivity (Wildman–Crippen MR) is 106 cm³/mol. The van der Waals surface area contributed by atoms with Gasteiger partial charge >= 0.3 is 5.97 Å². The molecule has 0 aliphatic rings. The van der Waals surface area contributed by atoms with Crippen LogP contribution in [0, 0.1) is 0 Å². The van der Waals surface area contributed by atoms with Gasteiger partial charge in [0.15, 0.2) is 0 Å². The number of thiol groups is 1. The van der Waals surface area contributed by atoms with E-state index in [0.717, 1.165) is 5.56 Å². The van der Waals surface area contributed by atoms with Gasteiger partial charge in [0.2, 0.25) is 11.8 Å². The van der Waals surface area contributed by atoms with Crippen molar-refractivity contribution in [3.8, 4) is 0 Å². The second-order valence-corrected chi connectivity index (χ2v) is 6.54. The highest BCUT2D eigenvalue weighted by Gasteiger charge is 2.27. The van der Waals surface area contributed by atoms with Gasteiger partial charge in [0, 0.05) is 5.75 Å². The lowest BCUT2D eigenvalue weighted by molar-refractivity contribution is -0.141. The number of hydrogen-bond acceptors (Lipinski definition) is 6. The van der Waals surface area contributed by atoms with Crippen LogP contribution in [0.15, 0.2) is 30.3 Å². The fourth-order valence-corrected chi connectivity index (χ4v) is 2.68. The summed E-state index contributed by atoms with van der Waals surface area (Å²) in [5.74, 6) is -2.39. The fourth-order valence-electron chi connectivity index (χ4n) is 2.43. The molecule has 0 bridgehead atoms. The van der Waals surface area contributed by atoms with E-state index in [1.165, 1.54) is 0 Å². The zero-order valence-corrected chi connectivity index (χ0v) is 16.0. The molecule has 2 amide bonds. The maximum Gasteiger partial charge on any atom is 0.327 e. The molecule has 0 aliphatic heterocycles. The Morgan fingerprint density at radius 2 is 1.78 bits per heavy atom. The van der Waals surface area contributed by atoms with Gasteiger partial charge in [-0.25, -0.2) is 4.79 Å². The second kappa shape index (κ2) is 12.3. The third-order valence-corrected chi connectivity index (χ3v) is 4.34. The SMILES string of the molecule is [2H]N[C@@H](Cc1ccccc1)C(=O)N[C@@H](CCCCN)C(=O)N[C@@H](CS)C(=O)O. The number of carboxylic acid groups (broad SMARTS) is 1. The van der Waals surface area contributed by atoms with E-state index in [0.29, 0.717) is 25.8 Å². The van der Waals surface area contributed by atoms with E-state index in [1.807, 2.05) is 30.3 Å².